The fraction of sp³-hybridized carbons (Fsp3) is 0. The quantitative estimate of drug-likeness (QED) is 0.897. The smallest absolute Gasteiger partial charge is 0.356 e. The van der Waals surface area contributed by atoms with Gasteiger partial charge in [0.15, 0.2) is 21.5 Å². The molecule has 0 bridgehead atoms. The summed E-state index contributed by atoms with van der Waals surface area (Å²) >= 11 is 0.601. The molecule has 0 spiro atoms. The van der Waals surface area contributed by atoms with Gasteiger partial charge in [-0.15, -0.1) is 11.3 Å². The second-order valence-corrected chi connectivity index (χ2v) is 6.26. The van der Waals surface area contributed by atoms with E-state index in [1.807, 2.05) is 4.72 Å². The molecule has 0 aliphatic rings. The number of halogens is 2. The highest BCUT2D eigenvalue weighted by molar-refractivity contribution is 7.94. The van der Waals surface area contributed by atoms with Gasteiger partial charge in [-0.1, -0.05) is 0 Å². The van der Waals surface area contributed by atoms with Gasteiger partial charge in [0.1, 0.15) is 0 Å². The Kier molecular flexibility index (Phi) is 3.68. The lowest BCUT2D eigenvalue weighted by molar-refractivity contribution is 0.0687. The van der Waals surface area contributed by atoms with Crippen LogP contribution in [0, 0.1) is 11.6 Å². The van der Waals surface area contributed by atoms with Crippen molar-refractivity contribution in [3.8, 4) is 0 Å². The van der Waals surface area contributed by atoms with Gasteiger partial charge in [0, 0.05) is 6.07 Å². The Morgan fingerprint density at radius 2 is 2.00 bits per heavy atom. The van der Waals surface area contributed by atoms with Gasteiger partial charge in [-0.3, -0.25) is 4.72 Å². The molecule has 0 aliphatic heterocycles. The van der Waals surface area contributed by atoms with Gasteiger partial charge in [-0.05, 0) is 12.1 Å². The van der Waals surface area contributed by atoms with Crippen LogP contribution in [0.3, 0.4) is 0 Å². The largest absolute Gasteiger partial charge is 0.476 e. The Bertz CT molecular complexity index is 773. The molecule has 0 saturated heterocycles. The normalized spacial score (nSPS) is 11.3. The summed E-state index contributed by atoms with van der Waals surface area (Å²) in [4.78, 5) is 14.2. The molecular formula is C10H6F2N2O4S2. The predicted molar refractivity (Wildman–Crippen MR) is 66.2 cm³/mol. The third kappa shape index (κ3) is 2.75. The number of nitrogens with zero attached hydrogens (tertiary/aromatic N) is 1. The molecule has 0 radical (unpaired) electrons. The van der Waals surface area contributed by atoms with E-state index in [0.29, 0.717) is 17.4 Å². The first-order valence-corrected chi connectivity index (χ1v) is 7.32. The molecule has 0 saturated carbocycles. The Balaban J connectivity index is 2.38. The molecule has 0 amide bonds. The van der Waals surface area contributed by atoms with Crippen LogP contribution in [0.25, 0.3) is 0 Å². The SMILES string of the molecule is O=C(O)c1ncsc1S(=O)(=O)Nc1ccc(F)c(F)c1. The van der Waals surface area contributed by atoms with Crippen LogP contribution in [0.4, 0.5) is 14.5 Å². The van der Waals surface area contributed by atoms with Crippen LogP contribution in [0.2, 0.25) is 0 Å². The highest BCUT2D eigenvalue weighted by Gasteiger charge is 2.26. The molecule has 0 unspecified atom stereocenters. The molecule has 106 valence electrons. The molecule has 6 nitrogen and oxygen atoms in total. The summed E-state index contributed by atoms with van der Waals surface area (Å²) in [6.45, 7) is 0. The Morgan fingerprint density at radius 1 is 1.30 bits per heavy atom. The van der Waals surface area contributed by atoms with Gasteiger partial charge in [0.2, 0.25) is 0 Å². The number of anilines is 1. The van der Waals surface area contributed by atoms with E-state index in [-0.39, 0.29) is 5.69 Å². The zero-order valence-electron chi connectivity index (χ0n) is 9.50. The van der Waals surface area contributed by atoms with Crippen LogP contribution in [-0.4, -0.2) is 24.5 Å². The highest BCUT2D eigenvalue weighted by Crippen LogP contribution is 2.24. The topological polar surface area (TPSA) is 96.4 Å². The lowest BCUT2D eigenvalue weighted by atomic mass is 10.3. The van der Waals surface area contributed by atoms with E-state index in [9.17, 15) is 22.0 Å². The van der Waals surface area contributed by atoms with Crippen molar-refractivity contribution >= 4 is 33.0 Å². The summed E-state index contributed by atoms with van der Waals surface area (Å²) < 4.78 is 51.1. The predicted octanol–water partition coefficient (Wildman–Crippen LogP) is 1.92. The average molecular weight is 320 g/mol. The zero-order chi connectivity index (χ0) is 14.9. The number of hydrogen-bond acceptors (Lipinski definition) is 5. The molecule has 1 aromatic carbocycles. The van der Waals surface area contributed by atoms with Crippen LogP contribution >= 0.6 is 11.3 Å². The maximum atomic E-state index is 13.0. The minimum Gasteiger partial charge on any atom is -0.476 e. The molecule has 0 aliphatic carbocycles. The lowest BCUT2D eigenvalue weighted by Gasteiger charge is -2.07. The summed E-state index contributed by atoms with van der Waals surface area (Å²) in [5.41, 5.74) is 0.196. The van der Waals surface area contributed by atoms with Gasteiger partial charge in [0.25, 0.3) is 10.0 Å². The number of carboxylic acid groups (broad SMARTS) is 1. The minimum absolute atomic E-state index is 0.228. The van der Waals surface area contributed by atoms with Crippen LogP contribution in [0.1, 0.15) is 10.5 Å². The number of aromatic nitrogens is 1. The van der Waals surface area contributed by atoms with Gasteiger partial charge in [0.05, 0.1) is 11.2 Å². The van der Waals surface area contributed by atoms with E-state index < -0.39 is 37.5 Å². The molecule has 20 heavy (non-hydrogen) atoms. The van der Waals surface area contributed by atoms with Crippen LogP contribution in [-0.2, 0) is 10.0 Å². The van der Waals surface area contributed by atoms with E-state index >= 15 is 0 Å². The van der Waals surface area contributed by atoms with E-state index in [1.54, 1.807) is 0 Å². The second kappa shape index (κ2) is 5.13. The van der Waals surface area contributed by atoms with E-state index in [2.05, 4.69) is 4.98 Å². The van der Waals surface area contributed by atoms with Gasteiger partial charge < -0.3 is 5.11 Å². The first-order valence-electron chi connectivity index (χ1n) is 4.96. The number of thiazole rings is 1. The molecule has 2 rings (SSSR count). The Hall–Kier alpha value is -2.07. The van der Waals surface area contributed by atoms with Crippen LogP contribution in [0.15, 0.2) is 27.9 Å². The number of sulfonamides is 1. The van der Waals surface area contributed by atoms with Gasteiger partial charge >= 0.3 is 5.97 Å². The number of nitrogens with one attached hydrogen (secondary N) is 1. The van der Waals surface area contributed by atoms with Crippen LogP contribution < -0.4 is 4.72 Å². The molecule has 1 heterocycles. The van der Waals surface area contributed by atoms with Crippen molar-refractivity contribution in [1.82, 2.24) is 4.98 Å². The van der Waals surface area contributed by atoms with Crippen molar-refractivity contribution in [1.29, 1.82) is 0 Å². The standard InChI is InChI=1S/C10H6F2N2O4S2/c11-6-2-1-5(3-7(6)12)14-20(17,18)10-8(9(15)16)13-4-19-10/h1-4,14H,(H,15,16). The summed E-state index contributed by atoms with van der Waals surface area (Å²) in [6, 6.07) is 2.41. The second-order valence-electron chi connectivity index (χ2n) is 3.53. The summed E-state index contributed by atoms with van der Waals surface area (Å²) in [7, 11) is -4.24. The number of carbonyl (C=O) groups is 1. The molecule has 0 atom stereocenters. The maximum Gasteiger partial charge on any atom is 0.356 e. The van der Waals surface area contributed by atoms with E-state index in [1.165, 1.54) is 0 Å². The van der Waals surface area contributed by atoms with Crippen molar-refractivity contribution in [2.75, 3.05) is 4.72 Å². The third-order valence-electron chi connectivity index (χ3n) is 2.15. The third-order valence-corrected chi connectivity index (χ3v) is 4.90. The first-order chi connectivity index (χ1) is 9.31. The Labute approximate surface area is 115 Å². The Morgan fingerprint density at radius 3 is 2.60 bits per heavy atom. The lowest BCUT2D eigenvalue weighted by Crippen LogP contribution is -2.15. The number of hydrogen-bond donors (Lipinski definition) is 2. The first kappa shape index (κ1) is 14.3. The molecule has 1 aromatic heterocycles. The van der Waals surface area contributed by atoms with Crippen molar-refractivity contribution in [3.05, 3.63) is 41.0 Å². The van der Waals surface area contributed by atoms with Crippen molar-refractivity contribution in [2.24, 2.45) is 0 Å². The fourth-order valence-electron chi connectivity index (χ4n) is 1.33. The summed E-state index contributed by atoms with van der Waals surface area (Å²) in [5, 5.41) is 8.81. The maximum absolute atomic E-state index is 13.0. The van der Waals surface area contributed by atoms with Crippen molar-refractivity contribution in [3.63, 3.8) is 0 Å². The van der Waals surface area contributed by atoms with Gasteiger partial charge in [-0.2, -0.15) is 0 Å². The summed E-state index contributed by atoms with van der Waals surface area (Å²) in [6.07, 6.45) is 0. The fourth-order valence-corrected chi connectivity index (χ4v) is 3.52. The monoisotopic (exact) mass is 320 g/mol. The van der Waals surface area contributed by atoms with Crippen molar-refractivity contribution < 1.29 is 27.1 Å². The number of rotatable bonds is 4. The summed E-state index contributed by atoms with van der Waals surface area (Å²) in [5.74, 6) is -3.86. The molecule has 2 aromatic rings. The minimum atomic E-state index is -4.24. The molecule has 0 fully saturated rings. The van der Waals surface area contributed by atoms with Crippen LogP contribution in [0.5, 0.6) is 0 Å². The number of benzene rings is 1. The molecular weight excluding hydrogens is 314 g/mol. The molecule has 2 N–H and O–H groups in total. The van der Waals surface area contributed by atoms with E-state index in [4.69, 9.17) is 5.11 Å². The number of carboxylic acids is 1. The van der Waals surface area contributed by atoms with Crippen molar-refractivity contribution in [2.45, 2.75) is 4.21 Å². The highest BCUT2D eigenvalue weighted by atomic mass is 32.2. The van der Waals surface area contributed by atoms with E-state index in [0.717, 1.165) is 17.6 Å². The zero-order valence-corrected chi connectivity index (χ0v) is 11.1. The van der Waals surface area contributed by atoms with Gasteiger partial charge in [-0.25, -0.2) is 27.0 Å². The number of aromatic carboxylic acids is 1. The molecule has 10 heteroatoms. The average Bonchev–Trinajstić information content (AvgIpc) is 2.83.